The van der Waals surface area contributed by atoms with Crippen molar-refractivity contribution in [1.29, 1.82) is 0 Å². The minimum atomic E-state index is -0.458. The monoisotopic (exact) mass is 375 g/mol. The van der Waals surface area contributed by atoms with Crippen molar-refractivity contribution in [2.24, 2.45) is 5.92 Å². The van der Waals surface area contributed by atoms with Gasteiger partial charge in [0.05, 0.1) is 22.9 Å². The van der Waals surface area contributed by atoms with Crippen LogP contribution in [0.1, 0.15) is 25.5 Å². The van der Waals surface area contributed by atoms with Crippen LogP contribution in [0.15, 0.2) is 24.5 Å². The molecule has 1 aromatic carbocycles. The van der Waals surface area contributed by atoms with Crippen LogP contribution in [0.4, 0.5) is 10.2 Å². The number of nitrogens with zero attached hydrogens (tertiary/aromatic N) is 5. The largest absolute Gasteiger partial charge is 0.390 e. The molecular formula is C18H19ClFN5O. The quantitative estimate of drug-likeness (QED) is 0.760. The maximum absolute atomic E-state index is 14.7. The summed E-state index contributed by atoms with van der Waals surface area (Å²) in [5, 5.41) is 14.4. The fraction of sp³-hybridized carbons (Fsp3) is 0.389. The molecule has 0 amide bonds. The number of hydrogen-bond acceptors (Lipinski definition) is 5. The molecule has 3 heterocycles. The Hall–Kier alpha value is -2.25. The van der Waals surface area contributed by atoms with Crippen molar-refractivity contribution in [3.8, 4) is 11.1 Å². The Morgan fingerprint density at radius 1 is 1.27 bits per heavy atom. The first-order chi connectivity index (χ1) is 12.6. The van der Waals surface area contributed by atoms with E-state index in [1.54, 1.807) is 12.1 Å². The predicted molar refractivity (Wildman–Crippen MR) is 97.7 cm³/mol. The van der Waals surface area contributed by atoms with Crippen LogP contribution >= 0.6 is 11.6 Å². The molecule has 2 aromatic heterocycles. The SMILES string of the molecule is CC1CCN(c2nc3ncnn3c(CO)c2-c2c(F)cccc2Cl)CC1. The summed E-state index contributed by atoms with van der Waals surface area (Å²) in [7, 11) is 0. The third-order valence-electron chi connectivity index (χ3n) is 4.95. The number of benzene rings is 1. The molecule has 0 radical (unpaired) electrons. The molecular weight excluding hydrogens is 357 g/mol. The van der Waals surface area contributed by atoms with Crippen LogP contribution in [0.5, 0.6) is 0 Å². The van der Waals surface area contributed by atoms with Crippen molar-refractivity contribution in [3.63, 3.8) is 0 Å². The first kappa shape index (κ1) is 17.2. The van der Waals surface area contributed by atoms with Crippen molar-refractivity contribution in [1.82, 2.24) is 19.6 Å². The van der Waals surface area contributed by atoms with Gasteiger partial charge in [0, 0.05) is 18.7 Å². The van der Waals surface area contributed by atoms with Gasteiger partial charge in [-0.2, -0.15) is 19.6 Å². The van der Waals surface area contributed by atoms with Gasteiger partial charge < -0.3 is 10.0 Å². The molecule has 1 aliphatic rings. The van der Waals surface area contributed by atoms with Crippen molar-refractivity contribution in [2.45, 2.75) is 26.4 Å². The topological polar surface area (TPSA) is 66.6 Å². The molecule has 0 aliphatic carbocycles. The molecule has 136 valence electrons. The third kappa shape index (κ3) is 2.81. The van der Waals surface area contributed by atoms with Crippen LogP contribution in [-0.2, 0) is 6.61 Å². The summed E-state index contributed by atoms with van der Waals surface area (Å²) in [6.45, 7) is 3.50. The summed E-state index contributed by atoms with van der Waals surface area (Å²) < 4.78 is 16.2. The van der Waals surface area contributed by atoms with Crippen LogP contribution in [0, 0.1) is 11.7 Å². The lowest BCUT2D eigenvalue weighted by Gasteiger charge is -2.33. The van der Waals surface area contributed by atoms with Crippen LogP contribution in [0.25, 0.3) is 16.9 Å². The van der Waals surface area contributed by atoms with Gasteiger partial charge in [0.15, 0.2) is 0 Å². The Bertz CT molecular complexity index is 932. The Morgan fingerprint density at radius 2 is 2.04 bits per heavy atom. The molecule has 1 aliphatic heterocycles. The minimum Gasteiger partial charge on any atom is -0.390 e. The number of aliphatic hydroxyl groups excluding tert-OH is 1. The van der Waals surface area contributed by atoms with Gasteiger partial charge in [0.1, 0.15) is 18.0 Å². The molecule has 3 aromatic rings. The smallest absolute Gasteiger partial charge is 0.254 e. The van der Waals surface area contributed by atoms with E-state index in [2.05, 4.69) is 26.9 Å². The highest BCUT2D eigenvalue weighted by molar-refractivity contribution is 6.33. The lowest BCUT2D eigenvalue weighted by Crippen LogP contribution is -2.34. The molecule has 1 N–H and O–H groups in total. The molecule has 26 heavy (non-hydrogen) atoms. The van der Waals surface area contributed by atoms with E-state index in [4.69, 9.17) is 11.6 Å². The second-order valence-corrected chi connectivity index (χ2v) is 7.06. The highest BCUT2D eigenvalue weighted by Crippen LogP contribution is 2.40. The van der Waals surface area contributed by atoms with E-state index >= 15 is 0 Å². The van der Waals surface area contributed by atoms with Crippen LogP contribution in [0.3, 0.4) is 0 Å². The molecule has 8 heteroatoms. The summed E-state index contributed by atoms with van der Waals surface area (Å²) in [4.78, 5) is 10.9. The van der Waals surface area contributed by atoms with Gasteiger partial charge in [0.25, 0.3) is 5.78 Å². The molecule has 0 spiro atoms. The number of hydrogen-bond donors (Lipinski definition) is 1. The lowest BCUT2D eigenvalue weighted by atomic mass is 9.97. The zero-order valence-corrected chi connectivity index (χ0v) is 15.1. The summed E-state index contributed by atoms with van der Waals surface area (Å²) in [5.41, 5.74) is 1.13. The highest BCUT2D eigenvalue weighted by Gasteiger charge is 2.27. The molecule has 1 fully saturated rings. The van der Waals surface area contributed by atoms with Crippen LogP contribution < -0.4 is 4.90 Å². The maximum atomic E-state index is 14.7. The fourth-order valence-electron chi connectivity index (χ4n) is 3.48. The number of aliphatic hydroxyl groups is 1. The predicted octanol–water partition coefficient (Wildman–Crippen LogP) is 3.31. The lowest BCUT2D eigenvalue weighted by molar-refractivity contribution is 0.274. The summed E-state index contributed by atoms with van der Waals surface area (Å²) in [5.74, 6) is 1.15. The molecule has 0 saturated carbocycles. The van der Waals surface area contributed by atoms with Gasteiger partial charge in [-0.05, 0) is 30.9 Å². The Balaban J connectivity index is 2.01. The summed E-state index contributed by atoms with van der Waals surface area (Å²) >= 11 is 6.34. The van der Waals surface area contributed by atoms with Gasteiger partial charge >= 0.3 is 0 Å². The van der Waals surface area contributed by atoms with Crippen molar-refractivity contribution in [2.75, 3.05) is 18.0 Å². The summed E-state index contributed by atoms with van der Waals surface area (Å²) in [6.07, 6.45) is 3.42. The molecule has 0 bridgehead atoms. The molecule has 0 unspecified atom stereocenters. The average Bonchev–Trinajstić information content (AvgIpc) is 3.10. The van der Waals surface area contributed by atoms with E-state index in [1.807, 2.05) is 0 Å². The zero-order valence-electron chi connectivity index (χ0n) is 14.4. The van der Waals surface area contributed by atoms with Crippen molar-refractivity contribution < 1.29 is 9.50 Å². The maximum Gasteiger partial charge on any atom is 0.254 e. The number of fused-ring (bicyclic) bond motifs is 1. The number of halogens is 2. The van der Waals surface area contributed by atoms with Crippen LogP contribution in [-0.4, -0.2) is 37.8 Å². The van der Waals surface area contributed by atoms with Gasteiger partial charge in [-0.1, -0.05) is 24.6 Å². The molecule has 4 rings (SSSR count). The standard InChI is InChI=1S/C18H19ClFN5O/c1-11-5-7-24(8-6-11)17-16(15-12(19)3-2-4-13(15)20)14(9-26)25-18(23-17)21-10-22-25/h2-4,10-11,26H,5-9H2,1H3. The zero-order chi connectivity index (χ0) is 18.3. The van der Waals surface area contributed by atoms with E-state index in [1.165, 1.54) is 16.9 Å². The number of piperidine rings is 1. The van der Waals surface area contributed by atoms with Gasteiger partial charge in [-0.25, -0.2) is 4.39 Å². The Morgan fingerprint density at radius 3 is 2.73 bits per heavy atom. The van der Waals surface area contributed by atoms with Crippen molar-refractivity contribution >= 4 is 23.2 Å². The van der Waals surface area contributed by atoms with Gasteiger partial charge in [-0.15, -0.1) is 0 Å². The summed E-state index contributed by atoms with van der Waals surface area (Å²) in [6, 6.07) is 4.55. The van der Waals surface area contributed by atoms with E-state index in [0.717, 1.165) is 25.9 Å². The average molecular weight is 376 g/mol. The highest BCUT2D eigenvalue weighted by atomic mass is 35.5. The van der Waals surface area contributed by atoms with Crippen LogP contribution in [0.2, 0.25) is 5.02 Å². The number of anilines is 1. The molecule has 1 saturated heterocycles. The number of aromatic nitrogens is 4. The van der Waals surface area contributed by atoms with E-state index in [0.29, 0.717) is 28.8 Å². The van der Waals surface area contributed by atoms with E-state index < -0.39 is 5.82 Å². The fourth-order valence-corrected chi connectivity index (χ4v) is 3.73. The van der Waals surface area contributed by atoms with E-state index in [9.17, 15) is 9.50 Å². The van der Waals surface area contributed by atoms with Gasteiger partial charge in [0.2, 0.25) is 0 Å². The van der Waals surface area contributed by atoms with Gasteiger partial charge in [-0.3, -0.25) is 0 Å². The molecule has 6 nitrogen and oxygen atoms in total. The van der Waals surface area contributed by atoms with Crippen molar-refractivity contribution in [3.05, 3.63) is 41.1 Å². The first-order valence-corrected chi connectivity index (χ1v) is 9.00. The normalized spacial score (nSPS) is 15.8. The second-order valence-electron chi connectivity index (χ2n) is 6.65. The third-order valence-corrected chi connectivity index (χ3v) is 5.26. The Labute approximate surface area is 155 Å². The minimum absolute atomic E-state index is 0.233. The second kappa shape index (κ2) is 6.81. The molecule has 0 atom stereocenters. The van der Waals surface area contributed by atoms with E-state index in [-0.39, 0.29) is 17.2 Å². The Kier molecular flexibility index (Phi) is 4.50. The number of rotatable bonds is 3. The first-order valence-electron chi connectivity index (χ1n) is 8.63.